The van der Waals surface area contributed by atoms with Crippen LogP contribution < -0.4 is 0 Å². The molecule has 1 saturated carbocycles. The number of carboxylic acid groups (broad SMARTS) is 1. The first-order chi connectivity index (χ1) is 11.5. The minimum Gasteiger partial charge on any atom is -0.478 e. The number of hydrogen-bond donors (Lipinski definition) is 2. The summed E-state index contributed by atoms with van der Waals surface area (Å²) in [5.74, 6) is -1.20. The molecule has 3 rings (SSSR count). The summed E-state index contributed by atoms with van der Waals surface area (Å²) in [6, 6.07) is 3.13. The average Bonchev–Trinajstić information content (AvgIpc) is 3.00. The smallest absolute Gasteiger partial charge is 0.337 e. The maximum Gasteiger partial charge on any atom is 0.337 e. The second kappa shape index (κ2) is 6.86. The molecule has 0 bridgehead atoms. The van der Waals surface area contributed by atoms with Crippen LogP contribution in [-0.2, 0) is 0 Å². The largest absolute Gasteiger partial charge is 0.478 e. The highest BCUT2D eigenvalue weighted by Gasteiger charge is 2.33. The van der Waals surface area contributed by atoms with Crippen LogP contribution in [0.2, 0.25) is 0 Å². The number of aliphatic hydroxyl groups excluding tert-OH is 1. The van der Waals surface area contributed by atoms with E-state index in [1.165, 1.54) is 12.1 Å². The summed E-state index contributed by atoms with van der Waals surface area (Å²) >= 11 is 0. The predicted octanol–water partition coefficient (Wildman–Crippen LogP) is 0.759. The number of carbonyl (C=O) groups excluding carboxylic acids is 1. The summed E-state index contributed by atoms with van der Waals surface area (Å²) in [6.45, 7) is 4.30. The molecule has 0 aromatic carbocycles. The third-order valence-corrected chi connectivity index (χ3v) is 5.05. The van der Waals surface area contributed by atoms with Crippen molar-refractivity contribution in [2.45, 2.75) is 38.3 Å². The minimum atomic E-state index is -1.04. The zero-order valence-corrected chi connectivity index (χ0v) is 13.8. The lowest BCUT2D eigenvalue weighted by Gasteiger charge is -2.39. The number of amides is 1. The van der Waals surface area contributed by atoms with E-state index in [2.05, 4.69) is 9.88 Å². The summed E-state index contributed by atoms with van der Waals surface area (Å²) in [4.78, 5) is 31.8. The molecule has 2 aliphatic rings. The molecular weight excluding hydrogens is 310 g/mol. The van der Waals surface area contributed by atoms with Crippen molar-refractivity contribution in [2.24, 2.45) is 0 Å². The van der Waals surface area contributed by atoms with E-state index in [4.69, 9.17) is 5.11 Å². The summed E-state index contributed by atoms with van der Waals surface area (Å²) in [5, 5.41) is 19.1. The number of aromatic carboxylic acids is 1. The zero-order chi connectivity index (χ0) is 17.3. The van der Waals surface area contributed by atoms with Crippen LogP contribution in [0.4, 0.5) is 0 Å². The van der Waals surface area contributed by atoms with Gasteiger partial charge in [-0.25, -0.2) is 9.78 Å². The Kier molecular flexibility index (Phi) is 4.82. The van der Waals surface area contributed by atoms with Crippen molar-refractivity contribution in [2.75, 3.05) is 26.2 Å². The fourth-order valence-electron chi connectivity index (χ4n) is 3.67. The first-order valence-electron chi connectivity index (χ1n) is 8.39. The lowest BCUT2D eigenvalue weighted by Crippen LogP contribution is -2.53. The van der Waals surface area contributed by atoms with Crippen LogP contribution in [0, 0.1) is 6.92 Å². The van der Waals surface area contributed by atoms with E-state index in [0.29, 0.717) is 18.8 Å². The topological polar surface area (TPSA) is 94.0 Å². The van der Waals surface area contributed by atoms with E-state index >= 15 is 0 Å². The van der Waals surface area contributed by atoms with Crippen LogP contribution in [0.5, 0.6) is 0 Å². The molecule has 2 unspecified atom stereocenters. The van der Waals surface area contributed by atoms with Crippen LogP contribution >= 0.6 is 0 Å². The first kappa shape index (κ1) is 16.9. The second-order valence-corrected chi connectivity index (χ2v) is 6.53. The molecule has 1 aromatic rings. The molecule has 130 valence electrons. The molecule has 1 amide bonds. The van der Waals surface area contributed by atoms with Gasteiger partial charge in [-0.3, -0.25) is 9.69 Å². The quantitative estimate of drug-likeness (QED) is 0.848. The molecule has 2 atom stereocenters. The van der Waals surface area contributed by atoms with Gasteiger partial charge in [0.05, 0.1) is 17.4 Å². The number of rotatable bonds is 3. The maximum atomic E-state index is 12.6. The van der Waals surface area contributed by atoms with Gasteiger partial charge in [0.25, 0.3) is 5.91 Å². The van der Waals surface area contributed by atoms with Crippen molar-refractivity contribution in [3.05, 3.63) is 29.1 Å². The first-order valence-corrected chi connectivity index (χ1v) is 8.39. The molecule has 24 heavy (non-hydrogen) atoms. The average molecular weight is 333 g/mol. The molecule has 7 heteroatoms. The normalized spacial score (nSPS) is 25.0. The molecule has 2 N–H and O–H groups in total. The highest BCUT2D eigenvalue weighted by atomic mass is 16.4. The van der Waals surface area contributed by atoms with Crippen molar-refractivity contribution in [3.8, 4) is 0 Å². The summed E-state index contributed by atoms with van der Waals surface area (Å²) in [6.07, 6.45) is 2.69. The number of aryl methyl sites for hydroxylation is 1. The Hall–Kier alpha value is -1.99. The molecular formula is C17H23N3O4. The summed E-state index contributed by atoms with van der Waals surface area (Å²) < 4.78 is 0. The number of carbonyl (C=O) groups is 2. The highest BCUT2D eigenvalue weighted by molar-refractivity contribution is 5.94. The van der Waals surface area contributed by atoms with Gasteiger partial charge in [-0.1, -0.05) is 0 Å². The van der Waals surface area contributed by atoms with Crippen LogP contribution in [0.3, 0.4) is 0 Å². The Labute approximate surface area is 140 Å². The number of nitrogens with zero attached hydrogens (tertiary/aromatic N) is 3. The van der Waals surface area contributed by atoms with Crippen molar-refractivity contribution in [1.29, 1.82) is 0 Å². The van der Waals surface area contributed by atoms with Gasteiger partial charge in [0.2, 0.25) is 0 Å². The SMILES string of the molecule is Cc1nc(C(=O)N2CCN(C3CCCC3O)CC2)ccc1C(=O)O. The van der Waals surface area contributed by atoms with Crippen LogP contribution in [0.1, 0.15) is 45.8 Å². The van der Waals surface area contributed by atoms with E-state index in [0.717, 1.165) is 32.4 Å². The van der Waals surface area contributed by atoms with E-state index in [1.54, 1.807) is 11.8 Å². The predicted molar refractivity (Wildman–Crippen MR) is 87.1 cm³/mol. The summed E-state index contributed by atoms with van der Waals surface area (Å²) in [7, 11) is 0. The number of carboxylic acids is 1. The van der Waals surface area contributed by atoms with E-state index in [1.807, 2.05) is 0 Å². The van der Waals surface area contributed by atoms with Gasteiger partial charge in [-0.05, 0) is 38.3 Å². The van der Waals surface area contributed by atoms with Crippen molar-refractivity contribution in [1.82, 2.24) is 14.8 Å². The molecule has 7 nitrogen and oxygen atoms in total. The minimum absolute atomic E-state index is 0.117. The molecule has 0 spiro atoms. The molecule has 0 radical (unpaired) electrons. The number of piperazine rings is 1. The maximum absolute atomic E-state index is 12.6. The number of aromatic nitrogens is 1. The van der Waals surface area contributed by atoms with Crippen LogP contribution in [-0.4, -0.2) is 75.2 Å². The standard InChI is InChI=1S/C17H23N3O4/c1-11-12(17(23)24)5-6-13(18-11)16(22)20-9-7-19(8-10-20)14-3-2-4-15(14)21/h5-6,14-15,21H,2-4,7-10H2,1H3,(H,23,24). The number of pyridine rings is 1. The van der Waals surface area contributed by atoms with Gasteiger partial charge >= 0.3 is 5.97 Å². The number of aliphatic hydroxyl groups is 1. The Morgan fingerprint density at radius 3 is 2.42 bits per heavy atom. The van der Waals surface area contributed by atoms with E-state index in [9.17, 15) is 14.7 Å². The highest BCUT2D eigenvalue weighted by Crippen LogP contribution is 2.25. The Morgan fingerprint density at radius 2 is 1.88 bits per heavy atom. The second-order valence-electron chi connectivity index (χ2n) is 6.53. The molecule has 2 fully saturated rings. The lowest BCUT2D eigenvalue weighted by atomic mass is 10.1. The van der Waals surface area contributed by atoms with Gasteiger partial charge in [-0.2, -0.15) is 0 Å². The molecule has 1 saturated heterocycles. The Bertz CT molecular complexity index is 641. The third-order valence-electron chi connectivity index (χ3n) is 5.05. The van der Waals surface area contributed by atoms with Gasteiger partial charge in [0, 0.05) is 32.2 Å². The van der Waals surface area contributed by atoms with Gasteiger partial charge in [0.15, 0.2) is 0 Å². The van der Waals surface area contributed by atoms with Gasteiger partial charge in [0.1, 0.15) is 5.69 Å². The molecule has 1 aromatic heterocycles. The molecule has 2 heterocycles. The fraction of sp³-hybridized carbons (Fsp3) is 0.588. The van der Waals surface area contributed by atoms with Crippen molar-refractivity contribution in [3.63, 3.8) is 0 Å². The molecule has 1 aliphatic carbocycles. The lowest BCUT2D eigenvalue weighted by molar-refractivity contribution is 0.0312. The van der Waals surface area contributed by atoms with E-state index in [-0.39, 0.29) is 29.3 Å². The van der Waals surface area contributed by atoms with E-state index < -0.39 is 5.97 Å². The van der Waals surface area contributed by atoms with Crippen molar-refractivity contribution >= 4 is 11.9 Å². The van der Waals surface area contributed by atoms with Crippen LogP contribution in [0.15, 0.2) is 12.1 Å². The molecule has 1 aliphatic heterocycles. The summed E-state index contributed by atoms with van der Waals surface area (Å²) in [5.41, 5.74) is 0.750. The fourth-order valence-corrected chi connectivity index (χ4v) is 3.67. The Balaban J connectivity index is 1.63. The van der Waals surface area contributed by atoms with Gasteiger partial charge < -0.3 is 15.1 Å². The third kappa shape index (κ3) is 3.27. The monoisotopic (exact) mass is 333 g/mol. The van der Waals surface area contributed by atoms with Gasteiger partial charge in [-0.15, -0.1) is 0 Å². The van der Waals surface area contributed by atoms with Crippen molar-refractivity contribution < 1.29 is 19.8 Å². The number of hydrogen-bond acceptors (Lipinski definition) is 5. The van der Waals surface area contributed by atoms with Crippen LogP contribution in [0.25, 0.3) is 0 Å². The Morgan fingerprint density at radius 1 is 1.17 bits per heavy atom. The zero-order valence-electron chi connectivity index (χ0n) is 13.8.